The van der Waals surface area contributed by atoms with Crippen molar-refractivity contribution in [1.29, 1.82) is 0 Å². The molecule has 0 radical (unpaired) electrons. The number of anilines is 2. The maximum Gasteiger partial charge on any atom is 0.323 e. The zero-order valence-corrected chi connectivity index (χ0v) is 15.2. The molecule has 1 aromatic carbocycles. The Labute approximate surface area is 156 Å². The number of hydrogen-bond acceptors (Lipinski definition) is 4. The fraction of sp³-hybridized carbons (Fsp3) is 0.389. The lowest BCUT2D eigenvalue weighted by Gasteiger charge is -2.29. The number of carbonyl (C=O) groups is 2. The van der Waals surface area contributed by atoms with Crippen LogP contribution in [0.5, 0.6) is 0 Å². The largest absolute Gasteiger partial charge is 0.393 e. The Balaban J connectivity index is 1.65. The van der Waals surface area contributed by atoms with Crippen LogP contribution in [0.25, 0.3) is 0 Å². The van der Waals surface area contributed by atoms with E-state index in [2.05, 4.69) is 15.7 Å². The molecule has 3 rings (SSSR count). The standard InChI is InChI=1S/C18H22FN5O3/c1-11-9-12(3-4-14(11)19)20-17(26)15-10-16(22-23(15)2)21-18(27)24-7-5-13(25)6-8-24/h3-4,9-10,13,25H,5-8H2,1-2H3,(H,20,26)(H,21,22,27). The van der Waals surface area contributed by atoms with Crippen LogP contribution in [0.1, 0.15) is 28.9 Å². The zero-order valence-electron chi connectivity index (χ0n) is 15.2. The number of aliphatic hydroxyl groups excluding tert-OH is 1. The van der Waals surface area contributed by atoms with Crippen LogP contribution in [-0.4, -0.2) is 50.9 Å². The number of amides is 3. The highest BCUT2D eigenvalue weighted by Crippen LogP contribution is 2.17. The van der Waals surface area contributed by atoms with Gasteiger partial charge in [-0.1, -0.05) is 0 Å². The monoisotopic (exact) mass is 375 g/mol. The molecule has 1 fully saturated rings. The molecule has 144 valence electrons. The maximum absolute atomic E-state index is 13.3. The fourth-order valence-electron chi connectivity index (χ4n) is 2.92. The molecule has 3 amide bonds. The molecule has 0 atom stereocenters. The molecular formula is C18H22FN5O3. The van der Waals surface area contributed by atoms with E-state index in [1.54, 1.807) is 18.9 Å². The lowest BCUT2D eigenvalue weighted by Crippen LogP contribution is -2.42. The zero-order chi connectivity index (χ0) is 19.6. The molecule has 0 aliphatic carbocycles. The van der Waals surface area contributed by atoms with Gasteiger partial charge in [0, 0.05) is 31.9 Å². The highest BCUT2D eigenvalue weighted by Gasteiger charge is 2.22. The van der Waals surface area contributed by atoms with E-state index in [9.17, 15) is 19.1 Å². The number of halogens is 1. The third-order valence-corrected chi connectivity index (χ3v) is 4.51. The number of hydrogen-bond donors (Lipinski definition) is 3. The summed E-state index contributed by atoms with van der Waals surface area (Å²) < 4.78 is 14.7. The number of aromatic nitrogens is 2. The minimum Gasteiger partial charge on any atom is -0.393 e. The number of nitrogens with zero attached hydrogens (tertiary/aromatic N) is 3. The van der Waals surface area contributed by atoms with Crippen LogP contribution in [-0.2, 0) is 7.05 Å². The highest BCUT2D eigenvalue weighted by molar-refractivity contribution is 6.04. The SMILES string of the molecule is Cc1cc(NC(=O)c2cc(NC(=O)N3CCC(O)CC3)nn2C)ccc1F. The van der Waals surface area contributed by atoms with Crippen molar-refractivity contribution in [2.75, 3.05) is 23.7 Å². The number of aliphatic hydroxyl groups is 1. The molecule has 0 saturated carbocycles. The Morgan fingerprint density at radius 1 is 1.22 bits per heavy atom. The average Bonchev–Trinajstić information content (AvgIpc) is 2.99. The topological polar surface area (TPSA) is 99.5 Å². The lowest BCUT2D eigenvalue weighted by molar-refractivity contribution is 0.0970. The van der Waals surface area contributed by atoms with E-state index < -0.39 is 5.91 Å². The summed E-state index contributed by atoms with van der Waals surface area (Å²) in [6.07, 6.45) is 0.718. The number of likely N-dealkylation sites (tertiary alicyclic amines) is 1. The Hall–Kier alpha value is -2.94. The van der Waals surface area contributed by atoms with Crippen molar-refractivity contribution >= 4 is 23.4 Å². The van der Waals surface area contributed by atoms with Gasteiger partial charge in [0.05, 0.1) is 6.10 Å². The van der Waals surface area contributed by atoms with E-state index in [1.165, 1.54) is 28.9 Å². The average molecular weight is 375 g/mol. The van der Waals surface area contributed by atoms with Gasteiger partial charge < -0.3 is 15.3 Å². The van der Waals surface area contributed by atoms with Gasteiger partial charge in [-0.3, -0.25) is 14.8 Å². The summed E-state index contributed by atoms with van der Waals surface area (Å²) in [6.45, 7) is 2.55. The predicted octanol–water partition coefficient (Wildman–Crippen LogP) is 2.11. The predicted molar refractivity (Wildman–Crippen MR) is 98.1 cm³/mol. The van der Waals surface area contributed by atoms with Crippen molar-refractivity contribution in [3.63, 3.8) is 0 Å². The van der Waals surface area contributed by atoms with Crippen LogP contribution >= 0.6 is 0 Å². The Kier molecular flexibility index (Phi) is 5.41. The summed E-state index contributed by atoms with van der Waals surface area (Å²) in [5.41, 5.74) is 1.15. The van der Waals surface area contributed by atoms with Gasteiger partial charge in [-0.05, 0) is 43.5 Å². The molecule has 8 nitrogen and oxygen atoms in total. The van der Waals surface area contributed by atoms with Crippen LogP contribution in [0.3, 0.4) is 0 Å². The van der Waals surface area contributed by atoms with E-state index in [4.69, 9.17) is 0 Å². The van der Waals surface area contributed by atoms with Gasteiger partial charge in [-0.2, -0.15) is 5.10 Å². The van der Waals surface area contributed by atoms with E-state index in [0.717, 1.165) is 0 Å². The second-order valence-electron chi connectivity index (χ2n) is 6.60. The molecule has 1 aliphatic heterocycles. The quantitative estimate of drug-likeness (QED) is 0.765. The molecule has 0 bridgehead atoms. The van der Waals surface area contributed by atoms with Gasteiger partial charge in [0.25, 0.3) is 5.91 Å². The van der Waals surface area contributed by atoms with E-state index in [0.29, 0.717) is 37.2 Å². The number of benzene rings is 1. The first-order valence-corrected chi connectivity index (χ1v) is 8.69. The van der Waals surface area contributed by atoms with E-state index in [-0.39, 0.29) is 29.5 Å². The molecule has 1 saturated heterocycles. The number of piperidine rings is 1. The highest BCUT2D eigenvalue weighted by atomic mass is 19.1. The van der Waals surface area contributed by atoms with Crippen LogP contribution < -0.4 is 10.6 Å². The first-order chi connectivity index (χ1) is 12.8. The summed E-state index contributed by atoms with van der Waals surface area (Å²) in [6, 6.07) is 5.46. The van der Waals surface area contributed by atoms with Gasteiger partial charge in [0.1, 0.15) is 11.5 Å². The lowest BCUT2D eigenvalue weighted by atomic mass is 10.1. The van der Waals surface area contributed by atoms with Crippen molar-refractivity contribution in [2.45, 2.75) is 25.9 Å². The van der Waals surface area contributed by atoms with Crippen molar-refractivity contribution in [1.82, 2.24) is 14.7 Å². The van der Waals surface area contributed by atoms with Crippen LogP contribution in [0.2, 0.25) is 0 Å². The molecule has 2 heterocycles. The minimum absolute atomic E-state index is 0.251. The van der Waals surface area contributed by atoms with E-state index >= 15 is 0 Å². The number of carbonyl (C=O) groups excluding carboxylic acids is 2. The van der Waals surface area contributed by atoms with Gasteiger partial charge in [-0.15, -0.1) is 0 Å². The summed E-state index contributed by atoms with van der Waals surface area (Å²) in [4.78, 5) is 26.3. The van der Waals surface area contributed by atoms with E-state index in [1.807, 2.05) is 0 Å². The van der Waals surface area contributed by atoms with Crippen molar-refractivity contribution < 1.29 is 19.1 Å². The third-order valence-electron chi connectivity index (χ3n) is 4.51. The molecule has 1 aliphatic rings. The molecule has 0 unspecified atom stereocenters. The molecule has 9 heteroatoms. The second-order valence-corrected chi connectivity index (χ2v) is 6.60. The van der Waals surface area contributed by atoms with Gasteiger partial charge in [0.2, 0.25) is 0 Å². The van der Waals surface area contributed by atoms with Gasteiger partial charge >= 0.3 is 6.03 Å². The molecule has 2 aromatic rings. The van der Waals surface area contributed by atoms with Crippen molar-refractivity contribution in [3.05, 3.63) is 41.3 Å². The summed E-state index contributed by atoms with van der Waals surface area (Å²) in [5.74, 6) is -0.504. The normalized spacial score (nSPS) is 14.9. The number of rotatable bonds is 3. The van der Waals surface area contributed by atoms with Crippen LogP contribution in [0.4, 0.5) is 20.7 Å². The maximum atomic E-state index is 13.3. The summed E-state index contributed by atoms with van der Waals surface area (Å²) in [7, 11) is 1.59. The Morgan fingerprint density at radius 2 is 1.93 bits per heavy atom. The number of urea groups is 1. The fourth-order valence-corrected chi connectivity index (χ4v) is 2.92. The first kappa shape index (κ1) is 18.8. The molecule has 27 heavy (non-hydrogen) atoms. The number of nitrogens with one attached hydrogen (secondary N) is 2. The van der Waals surface area contributed by atoms with Crippen molar-refractivity contribution in [2.24, 2.45) is 7.05 Å². The second kappa shape index (κ2) is 7.75. The molecular weight excluding hydrogens is 353 g/mol. The third kappa shape index (κ3) is 4.43. The Morgan fingerprint density at radius 3 is 2.59 bits per heavy atom. The molecule has 0 spiro atoms. The van der Waals surface area contributed by atoms with Gasteiger partial charge in [-0.25, -0.2) is 9.18 Å². The van der Waals surface area contributed by atoms with Crippen LogP contribution in [0, 0.1) is 12.7 Å². The molecule has 1 aromatic heterocycles. The summed E-state index contributed by atoms with van der Waals surface area (Å²) in [5, 5.41) is 19.0. The van der Waals surface area contributed by atoms with Crippen molar-refractivity contribution in [3.8, 4) is 0 Å². The smallest absolute Gasteiger partial charge is 0.323 e. The number of aryl methyl sites for hydroxylation is 2. The Bertz CT molecular complexity index is 859. The first-order valence-electron chi connectivity index (χ1n) is 8.69. The molecule has 3 N–H and O–H groups in total. The summed E-state index contributed by atoms with van der Waals surface area (Å²) >= 11 is 0. The van der Waals surface area contributed by atoms with Crippen LogP contribution in [0.15, 0.2) is 24.3 Å². The van der Waals surface area contributed by atoms with Gasteiger partial charge in [0.15, 0.2) is 5.82 Å². The minimum atomic E-state index is -0.419.